The third kappa shape index (κ3) is 2.27. The Morgan fingerprint density at radius 2 is 1.94 bits per heavy atom. The third-order valence-electron chi connectivity index (χ3n) is 3.92. The zero-order chi connectivity index (χ0) is 13.2. The van der Waals surface area contributed by atoms with Gasteiger partial charge in [-0.25, -0.2) is 5.84 Å². The first-order valence-corrected chi connectivity index (χ1v) is 6.69. The van der Waals surface area contributed by atoms with Crippen molar-refractivity contribution in [3.05, 3.63) is 35.4 Å². The molecule has 0 aromatic heterocycles. The highest BCUT2D eigenvalue weighted by Crippen LogP contribution is 2.43. The standard InChI is InChI=1S/C15H22N2O/c1-11(2)10-12-4-6-13(7-5-12)15(8-3-9-15)14(18)17-16/h4-7,11H,3,8-10,16H2,1-2H3,(H,17,18). The fourth-order valence-electron chi connectivity index (χ4n) is 2.75. The molecule has 3 N–H and O–H groups in total. The number of hydrogen-bond donors (Lipinski definition) is 2. The molecule has 1 fully saturated rings. The van der Waals surface area contributed by atoms with E-state index in [1.807, 2.05) is 0 Å². The summed E-state index contributed by atoms with van der Waals surface area (Å²) < 4.78 is 0. The van der Waals surface area contributed by atoms with Crippen LogP contribution in [0.1, 0.15) is 44.2 Å². The van der Waals surface area contributed by atoms with E-state index < -0.39 is 0 Å². The summed E-state index contributed by atoms with van der Waals surface area (Å²) in [5.41, 5.74) is 4.38. The van der Waals surface area contributed by atoms with Gasteiger partial charge in [0, 0.05) is 0 Å². The zero-order valence-electron chi connectivity index (χ0n) is 11.2. The van der Waals surface area contributed by atoms with Crippen LogP contribution in [0.25, 0.3) is 0 Å². The predicted molar refractivity (Wildman–Crippen MR) is 72.8 cm³/mol. The van der Waals surface area contributed by atoms with Crippen LogP contribution in [0, 0.1) is 5.92 Å². The second kappa shape index (κ2) is 5.11. The van der Waals surface area contributed by atoms with Gasteiger partial charge >= 0.3 is 0 Å². The van der Waals surface area contributed by atoms with Crippen LogP contribution in [-0.2, 0) is 16.6 Å². The molecule has 1 aliphatic rings. The summed E-state index contributed by atoms with van der Waals surface area (Å²) in [6, 6.07) is 8.45. The fourth-order valence-corrected chi connectivity index (χ4v) is 2.75. The molecule has 0 spiro atoms. The quantitative estimate of drug-likeness (QED) is 0.486. The topological polar surface area (TPSA) is 55.1 Å². The van der Waals surface area contributed by atoms with Crippen molar-refractivity contribution < 1.29 is 4.79 Å². The number of benzene rings is 1. The Hall–Kier alpha value is -1.35. The second-order valence-electron chi connectivity index (χ2n) is 5.70. The van der Waals surface area contributed by atoms with E-state index in [0.717, 1.165) is 31.2 Å². The Morgan fingerprint density at radius 1 is 1.33 bits per heavy atom. The summed E-state index contributed by atoms with van der Waals surface area (Å²) in [7, 11) is 0. The van der Waals surface area contributed by atoms with Gasteiger partial charge in [0.15, 0.2) is 0 Å². The predicted octanol–water partition coefficient (Wildman–Crippen LogP) is 2.30. The number of amides is 1. The van der Waals surface area contributed by atoms with Gasteiger partial charge in [-0.2, -0.15) is 0 Å². The van der Waals surface area contributed by atoms with E-state index in [2.05, 4.69) is 43.5 Å². The largest absolute Gasteiger partial charge is 0.293 e. The van der Waals surface area contributed by atoms with Gasteiger partial charge in [-0.3, -0.25) is 10.2 Å². The average molecular weight is 246 g/mol. The van der Waals surface area contributed by atoms with E-state index in [-0.39, 0.29) is 11.3 Å². The van der Waals surface area contributed by atoms with E-state index in [4.69, 9.17) is 5.84 Å². The number of rotatable bonds is 4. The number of carbonyl (C=O) groups is 1. The Kier molecular flexibility index (Phi) is 3.71. The first-order valence-electron chi connectivity index (χ1n) is 6.69. The van der Waals surface area contributed by atoms with E-state index >= 15 is 0 Å². The molecule has 3 heteroatoms. The summed E-state index contributed by atoms with van der Waals surface area (Å²) in [6.07, 6.45) is 3.98. The number of carbonyl (C=O) groups excluding carboxylic acids is 1. The van der Waals surface area contributed by atoms with E-state index in [0.29, 0.717) is 5.92 Å². The highest BCUT2D eigenvalue weighted by Gasteiger charge is 2.45. The fraction of sp³-hybridized carbons (Fsp3) is 0.533. The molecule has 3 nitrogen and oxygen atoms in total. The molecule has 18 heavy (non-hydrogen) atoms. The molecule has 0 unspecified atom stereocenters. The normalized spacial score (nSPS) is 17.3. The van der Waals surface area contributed by atoms with Gasteiger partial charge in [-0.15, -0.1) is 0 Å². The van der Waals surface area contributed by atoms with Crippen molar-refractivity contribution in [2.24, 2.45) is 11.8 Å². The van der Waals surface area contributed by atoms with Crippen molar-refractivity contribution >= 4 is 5.91 Å². The number of nitrogens with two attached hydrogens (primary N) is 1. The zero-order valence-corrected chi connectivity index (χ0v) is 11.2. The summed E-state index contributed by atoms with van der Waals surface area (Å²) in [6.45, 7) is 4.42. The first kappa shape index (κ1) is 13.1. The molecule has 1 amide bonds. The molecule has 0 saturated heterocycles. The summed E-state index contributed by atoms with van der Waals surface area (Å²) >= 11 is 0. The molecular formula is C15H22N2O. The van der Waals surface area contributed by atoms with Gasteiger partial charge in [0.2, 0.25) is 5.91 Å². The minimum atomic E-state index is -0.370. The molecule has 2 rings (SSSR count). The Bertz CT molecular complexity index is 419. The van der Waals surface area contributed by atoms with E-state index in [9.17, 15) is 4.79 Å². The molecule has 1 aromatic rings. The number of hydrogen-bond acceptors (Lipinski definition) is 2. The van der Waals surface area contributed by atoms with Gasteiger partial charge < -0.3 is 0 Å². The minimum absolute atomic E-state index is 0.0506. The van der Waals surface area contributed by atoms with Crippen LogP contribution in [0.15, 0.2) is 24.3 Å². The van der Waals surface area contributed by atoms with Crippen LogP contribution in [0.4, 0.5) is 0 Å². The van der Waals surface area contributed by atoms with Crippen LogP contribution in [-0.4, -0.2) is 5.91 Å². The SMILES string of the molecule is CC(C)Cc1ccc(C2(C(=O)NN)CCC2)cc1. The van der Waals surface area contributed by atoms with Gasteiger partial charge in [-0.05, 0) is 36.3 Å². The van der Waals surface area contributed by atoms with Crippen LogP contribution in [0.5, 0.6) is 0 Å². The lowest BCUT2D eigenvalue weighted by Gasteiger charge is -2.40. The second-order valence-corrected chi connectivity index (χ2v) is 5.70. The molecule has 98 valence electrons. The van der Waals surface area contributed by atoms with Crippen molar-refractivity contribution in [1.29, 1.82) is 0 Å². The maximum absolute atomic E-state index is 11.9. The third-order valence-corrected chi connectivity index (χ3v) is 3.92. The monoisotopic (exact) mass is 246 g/mol. The van der Waals surface area contributed by atoms with Crippen molar-refractivity contribution in [2.45, 2.75) is 44.9 Å². The van der Waals surface area contributed by atoms with Crippen LogP contribution >= 0.6 is 0 Å². The Morgan fingerprint density at radius 3 is 2.33 bits per heavy atom. The van der Waals surface area contributed by atoms with E-state index in [1.165, 1.54) is 5.56 Å². The minimum Gasteiger partial charge on any atom is -0.293 e. The van der Waals surface area contributed by atoms with Crippen LogP contribution < -0.4 is 11.3 Å². The summed E-state index contributed by atoms with van der Waals surface area (Å²) in [5.74, 6) is 5.90. The lowest BCUT2D eigenvalue weighted by Crippen LogP contribution is -2.51. The van der Waals surface area contributed by atoms with Crippen LogP contribution in [0.3, 0.4) is 0 Å². The lowest BCUT2D eigenvalue weighted by molar-refractivity contribution is -0.130. The van der Waals surface area contributed by atoms with Gasteiger partial charge in [0.05, 0.1) is 5.41 Å². The Labute approximate surface area is 109 Å². The molecule has 1 aromatic carbocycles. The van der Waals surface area contributed by atoms with Gasteiger partial charge in [0.1, 0.15) is 0 Å². The molecule has 0 aliphatic heterocycles. The maximum atomic E-state index is 11.9. The smallest absolute Gasteiger partial charge is 0.244 e. The highest BCUT2D eigenvalue weighted by molar-refractivity contribution is 5.88. The number of hydrazine groups is 1. The summed E-state index contributed by atoms with van der Waals surface area (Å²) in [4.78, 5) is 11.9. The molecule has 0 heterocycles. The first-order chi connectivity index (χ1) is 8.58. The molecule has 0 radical (unpaired) electrons. The maximum Gasteiger partial charge on any atom is 0.244 e. The van der Waals surface area contributed by atoms with Crippen molar-refractivity contribution in [1.82, 2.24) is 5.43 Å². The van der Waals surface area contributed by atoms with Crippen molar-refractivity contribution in [2.75, 3.05) is 0 Å². The molecule has 1 saturated carbocycles. The van der Waals surface area contributed by atoms with Gasteiger partial charge in [-0.1, -0.05) is 44.5 Å². The molecule has 0 bridgehead atoms. The van der Waals surface area contributed by atoms with Crippen molar-refractivity contribution in [3.8, 4) is 0 Å². The van der Waals surface area contributed by atoms with E-state index in [1.54, 1.807) is 0 Å². The lowest BCUT2D eigenvalue weighted by atomic mass is 9.64. The summed E-state index contributed by atoms with van der Waals surface area (Å²) in [5, 5.41) is 0. The van der Waals surface area contributed by atoms with Crippen molar-refractivity contribution in [3.63, 3.8) is 0 Å². The Balaban J connectivity index is 2.20. The highest BCUT2D eigenvalue weighted by atomic mass is 16.2. The van der Waals surface area contributed by atoms with Crippen LogP contribution in [0.2, 0.25) is 0 Å². The average Bonchev–Trinajstić information content (AvgIpc) is 2.29. The number of nitrogens with one attached hydrogen (secondary N) is 1. The molecule has 0 atom stereocenters. The van der Waals surface area contributed by atoms with Gasteiger partial charge in [0.25, 0.3) is 0 Å². The molecule has 1 aliphatic carbocycles. The molecular weight excluding hydrogens is 224 g/mol.